The number of ether oxygens (including phenoxy) is 1. The van der Waals surface area contributed by atoms with E-state index in [0.717, 1.165) is 19.4 Å². The smallest absolute Gasteiger partial charge is 0.0799 e. The van der Waals surface area contributed by atoms with E-state index in [1.165, 1.54) is 32.1 Å². The van der Waals surface area contributed by atoms with Gasteiger partial charge in [-0.2, -0.15) is 0 Å². The first kappa shape index (κ1) is 15.9. The minimum absolute atomic E-state index is 0.287. The Kier molecular flexibility index (Phi) is 11.3. The minimum atomic E-state index is -0.287. The van der Waals surface area contributed by atoms with Crippen LogP contribution in [0.25, 0.3) is 0 Å². The molecular weight excluding hydrogens is 200 g/mol. The van der Waals surface area contributed by atoms with E-state index in [2.05, 4.69) is 20.8 Å². The highest BCUT2D eigenvalue weighted by Crippen LogP contribution is 2.08. The summed E-state index contributed by atoms with van der Waals surface area (Å²) in [6.45, 7) is 7.71. The zero-order valence-corrected chi connectivity index (χ0v) is 11.4. The zero-order valence-electron chi connectivity index (χ0n) is 11.4. The van der Waals surface area contributed by atoms with Crippen molar-refractivity contribution in [2.45, 2.75) is 71.8 Å². The predicted octanol–water partition coefficient (Wildman–Crippen LogP) is 3.77. The topological polar surface area (TPSA) is 29.5 Å². The molecule has 0 saturated carbocycles. The quantitative estimate of drug-likeness (QED) is 0.547. The van der Waals surface area contributed by atoms with Crippen LogP contribution < -0.4 is 0 Å². The predicted molar refractivity (Wildman–Crippen MR) is 69.7 cm³/mol. The van der Waals surface area contributed by atoms with Crippen LogP contribution >= 0.6 is 0 Å². The van der Waals surface area contributed by atoms with E-state index in [1.54, 1.807) is 0 Å². The summed E-state index contributed by atoms with van der Waals surface area (Å²) in [6, 6.07) is 0. The van der Waals surface area contributed by atoms with Gasteiger partial charge in [-0.3, -0.25) is 0 Å². The lowest BCUT2D eigenvalue weighted by molar-refractivity contribution is 0.00701. The number of rotatable bonds is 11. The first-order chi connectivity index (χ1) is 7.72. The highest BCUT2D eigenvalue weighted by molar-refractivity contribution is 4.61. The van der Waals surface area contributed by atoms with E-state index in [9.17, 15) is 5.11 Å². The fourth-order valence-electron chi connectivity index (χ4n) is 1.62. The fraction of sp³-hybridized carbons (Fsp3) is 1.00. The van der Waals surface area contributed by atoms with Gasteiger partial charge in [0.2, 0.25) is 0 Å². The summed E-state index contributed by atoms with van der Waals surface area (Å²) in [5.41, 5.74) is 0. The number of hydrogen-bond donors (Lipinski definition) is 1. The normalized spacial score (nSPS) is 15.0. The molecule has 0 saturated heterocycles. The molecular formula is C14H30O2. The highest BCUT2D eigenvalue weighted by atomic mass is 16.5. The van der Waals surface area contributed by atoms with Crippen molar-refractivity contribution in [1.82, 2.24) is 0 Å². The summed E-state index contributed by atoms with van der Waals surface area (Å²) in [4.78, 5) is 0. The van der Waals surface area contributed by atoms with Crippen molar-refractivity contribution in [3.63, 3.8) is 0 Å². The minimum Gasteiger partial charge on any atom is -0.390 e. The van der Waals surface area contributed by atoms with Crippen molar-refractivity contribution < 1.29 is 9.84 Å². The Morgan fingerprint density at radius 2 is 1.62 bits per heavy atom. The molecule has 0 aliphatic carbocycles. The van der Waals surface area contributed by atoms with Crippen LogP contribution in [0.5, 0.6) is 0 Å². The maximum absolute atomic E-state index is 9.67. The molecule has 0 aromatic rings. The average molecular weight is 230 g/mol. The van der Waals surface area contributed by atoms with Crippen molar-refractivity contribution >= 4 is 0 Å². The van der Waals surface area contributed by atoms with Gasteiger partial charge >= 0.3 is 0 Å². The molecule has 0 fully saturated rings. The van der Waals surface area contributed by atoms with Crippen molar-refractivity contribution in [1.29, 1.82) is 0 Å². The van der Waals surface area contributed by atoms with E-state index in [4.69, 9.17) is 4.74 Å². The molecule has 2 nitrogen and oxygen atoms in total. The van der Waals surface area contributed by atoms with E-state index in [0.29, 0.717) is 12.5 Å². The molecule has 0 amide bonds. The molecule has 0 heterocycles. The molecule has 1 N–H and O–H groups in total. The second-order valence-corrected chi connectivity index (χ2v) is 4.80. The van der Waals surface area contributed by atoms with E-state index >= 15 is 0 Å². The maximum atomic E-state index is 9.67. The van der Waals surface area contributed by atoms with Crippen LogP contribution in [-0.4, -0.2) is 24.4 Å². The number of unbranched alkanes of at least 4 members (excludes halogenated alkanes) is 5. The van der Waals surface area contributed by atoms with Crippen LogP contribution in [0.15, 0.2) is 0 Å². The van der Waals surface area contributed by atoms with Crippen LogP contribution in [0, 0.1) is 5.92 Å². The van der Waals surface area contributed by atoms with Crippen LogP contribution in [0.2, 0.25) is 0 Å². The van der Waals surface area contributed by atoms with Crippen molar-refractivity contribution in [2.75, 3.05) is 13.2 Å². The van der Waals surface area contributed by atoms with Crippen molar-refractivity contribution in [2.24, 2.45) is 5.92 Å². The molecule has 0 aromatic carbocycles. The first-order valence-electron chi connectivity index (χ1n) is 6.98. The molecule has 0 aliphatic rings. The SMILES string of the molecule is CCCCCCCCOCC(O)C(C)CC. The van der Waals surface area contributed by atoms with Gasteiger partial charge in [0.05, 0.1) is 12.7 Å². The molecule has 0 aromatic heterocycles. The van der Waals surface area contributed by atoms with E-state index in [-0.39, 0.29) is 6.10 Å². The number of aliphatic hydroxyl groups excluding tert-OH is 1. The highest BCUT2D eigenvalue weighted by Gasteiger charge is 2.11. The lowest BCUT2D eigenvalue weighted by Gasteiger charge is -2.16. The third-order valence-electron chi connectivity index (χ3n) is 3.23. The third-order valence-corrected chi connectivity index (χ3v) is 3.23. The maximum Gasteiger partial charge on any atom is 0.0799 e. The van der Waals surface area contributed by atoms with Crippen LogP contribution in [-0.2, 0) is 4.74 Å². The summed E-state index contributed by atoms with van der Waals surface area (Å²) in [7, 11) is 0. The summed E-state index contributed by atoms with van der Waals surface area (Å²) in [5.74, 6) is 0.351. The molecule has 2 heteroatoms. The Labute approximate surface area is 101 Å². The second-order valence-electron chi connectivity index (χ2n) is 4.80. The van der Waals surface area contributed by atoms with Gasteiger partial charge in [-0.15, -0.1) is 0 Å². The summed E-state index contributed by atoms with van der Waals surface area (Å²) >= 11 is 0. The zero-order chi connectivity index (χ0) is 12.2. The van der Waals surface area contributed by atoms with Crippen LogP contribution in [0.3, 0.4) is 0 Å². The van der Waals surface area contributed by atoms with Gasteiger partial charge in [0.15, 0.2) is 0 Å². The van der Waals surface area contributed by atoms with Gasteiger partial charge in [-0.25, -0.2) is 0 Å². The molecule has 0 radical (unpaired) electrons. The van der Waals surface area contributed by atoms with Gasteiger partial charge in [-0.1, -0.05) is 59.3 Å². The Bertz CT molecular complexity index is 137. The summed E-state index contributed by atoms with van der Waals surface area (Å²) in [5, 5.41) is 9.67. The molecule has 0 rings (SSSR count). The van der Waals surface area contributed by atoms with E-state index in [1.807, 2.05) is 0 Å². The van der Waals surface area contributed by atoms with Gasteiger partial charge in [0.25, 0.3) is 0 Å². The largest absolute Gasteiger partial charge is 0.390 e. The monoisotopic (exact) mass is 230 g/mol. The molecule has 98 valence electrons. The Balaban J connectivity index is 3.14. The molecule has 16 heavy (non-hydrogen) atoms. The van der Waals surface area contributed by atoms with Crippen molar-refractivity contribution in [3.8, 4) is 0 Å². The number of aliphatic hydroxyl groups is 1. The van der Waals surface area contributed by atoms with Gasteiger partial charge < -0.3 is 9.84 Å². The standard InChI is InChI=1S/C14H30O2/c1-4-6-7-8-9-10-11-16-12-14(15)13(3)5-2/h13-15H,4-12H2,1-3H3. The molecule has 0 bridgehead atoms. The summed E-state index contributed by atoms with van der Waals surface area (Å²) < 4.78 is 5.47. The van der Waals surface area contributed by atoms with Gasteiger partial charge in [0.1, 0.15) is 0 Å². The summed E-state index contributed by atoms with van der Waals surface area (Å²) in [6.07, 6.45) is 8.46. The Hall–Kier alpha value is -0.0800. The molecule has 0 spiro atoms. The first-order valence-corrected chi connectivity index (χ1v) is 6.98. The van der Waals surface area contributed by atoms with Crippen LogP contribution in [0.1, 0.15) is 65.7 Å². The third kappa shape index (κ3) is 9.17. The molecule has 2 atom stereocenters. The van der Waals surface area contributed by atoms with Crippen molar-refractivity contribution in [3.05, 3.63) is 0 Å². The molecule has 2 unspecified atom stereocenters. The Morgan fingerprint density at radius 1 is 1.00 bits per heavy atom. The molecule has 0 aliphatic heterocycles. The average Bonchev–Trinajstić information content (AvgIpc) is 2.31. The lowest BCUT2D eigenvalue weighted by Crippen LogP contribution is -2.23. The second kappa shape index (κ2) is 11.4. The van der Waals surface area contributed by atoms with Crippen LogP contribution in [0.4, 0.5) is 0 Å². The van der Waals surface area contributed by atoms with Gasteiger partial charge in [-0.05, 0) is 12.3 Å². The lowest BCUT2D eigenvalue weighted by atomic mass is 10.0. The van der Waals surface area contributed by atoms with Gasteiger partial charge in [0, 0.05) is 6.61 Å². The fourth-order valence-corrected chi connectivity index (χ4v) is 1.62. The number of hydrogen-bond acceptors (Lipinski definition) is 2. The van der Waals surface area contributed by atoms with E-state index < -0.39 is 0 Å². The Morgan fingerprint density at radius 3 is 2.25 bits per heavy atom.